The third-order valence-corrected chi connectivity index (χ3v) is 3.68. The molecule has 0 spiro atoms. The molecule has 0 saturated carbocycles. The molecule has 0 aromatic heterocycles. The topological polar surface area (TPSA) is 12.0 Å². The Hall–Kier alpha value is -0.820. The Kier molecular flexibility index (Phi) is 7.04. The highest BCUT2D eigenvalue weighted by molar-refractivity contribution is 5.27. The largest absolute Gasteiger partial charge is 0.310 e. The monoisotopic (exact) mass is 247 g/mol. The molecule has 1 N–H and O–H groups in total. The van der Waals surface area contributed by atoms with E-state index in [-0.39, 0.29) is 0 Å². The fraction of sp³-hybridized carbons (Fsp3) is 0.647. The van der Waals surface area contributed by atoms with Gasteiger partial charge in [0.15, 0.2) is 0 Å². The zero-order valence-corrected chi connectivity index (χ0v) is 12.5. The number of hydrogen-bond acceptors (Lipinski definition) is 1. The summed E-state index contributed by atoms with van der Waals surface area (Å²) < 4.78 is 0. The quantitative estimate of drug-likeness (QED) is 0.710. The summed E-state index contributed by atoms with van der Waals surface area (Å²) in [7, 11) is 0. The number of rotatable bonds is 8. The summed E-state index contributed by atoms with van der Waals surface area (Å²) in [5.41, 5.74) is 3.00. The zero-order valence-electron chi connectivity index (χ0n) is 12.5. The Morgan fingerprint density at radius 2 is 1.61 bits per heavy atom. The van der Waals surface area contributed by atoms with Crippen LogP contribution >= 0.6 is 0 Å². The van der Waals surface area contributed by atoms with Crippen molar-refractivity contribution in [1.82, 2.24) is 5.32 Å². The van der Waals surface area contributed by atoms with Gasteiger partial charge in [0, 0.05) is 12.6 Å². The molecule has 0 heterocycles. The first kappa shape index (κ1) is 15.2. The van der Waals surface area contributed by atoms with Crippen molar-refractivity contribution in [1.29, 1.82) is 0 Å². The number of benzene rings is 1. The second-order valence-corrected chi connectivity index (χ2v) is 5.60. The molecule has 0 saturated heterocycles. The molecule has 1 nitrogen and oxygen atoms in total. The van der Waals surface area contributed by atoms with Gasteiger partial charge in [-0.3, -0.25) is 0 Å². The molecule has 102 valence electrons. The fourth-order valence-electron chi connectivity index (χ4n) is 2.25. The first-order valence-electron chi connectivity index (χ1n) is 7.47. The molecule has 1 aromatic rings. The summed E-state index contributed by atoms with van der Waals surface area (Å²) in [6.07, 6.45) is 4.91. The highest BCUT2D eigenvalue weighted by atomic mass is 14.9. The summed E-state index contributed by atoms with van der Waals surface area (Å²) in [6.45, 7) is 10.1. The van der Waals surface area contributed by atoms with Gasteiger partial charge >= 0.3 is 0 Å². The Morgan fingerprint density at radius 3 is 2.17 bits per heavy atom. The van der Waals surface area contributed by atoms with E-state index in [1.807, 2.05) is 0 Å². The van der Waals surface area contributed by atoms with Crippen LogP contribution in [0.3, 0.4) is 0 Å². The molecular formula is C17H29N. The minimum atomic E-state index is 0.656. The predicted octanol–water partition coefficient (Wildman–Crippen LogP) is 4.55. The van der Waals surface area contributed by atoms with Gasteiger partial charge < -0.3 is 5.32 Å². The van der Waals surface area contributed by atoms with Crippen LogP contribution in [0.5, 0.6) is 0 Å². The normalized spacial score (nSPS) is 11.4. The standard InChI is InChI=1S/C17H29N/c1-5-17(6-2)18-13-16-10-8-7-9-15(16)12-11-14(3)4/h7-10,14,17-18H,5-6,11-13H2,1-4H3. The second kappa shape index (κ2) is 8.31. The average Bonchev–Trinajstić information content (AvgIpc) is 2.38. The smallest absolute Gasteiger partial charge is 0.0210 e. The summed E-state index contributed by atoms with van der Waals surface area (Å²) >= 11 is 0. The predicted molar refractivity (Wildman–Crippen MR) is 80.8 cm³/mol. The molecule has 0 aliphatic rings. The van der Waals surface area contributed by atoms with Crippen molar-refractivity contribution in [2.45, 2.75) is 66.0 Å². The van der Waals surface area contributed by atoms with Crippen molar-refractivity contribution < 1.29 is 0 Å². The maximum atomic E-state index is 3.66. The van der Waals surface area contributed by atoms with Gasteiger partial charge in [-0.25, -0.2) is 0 Å². The average molecular weight is 247 g/mol. The molecule has 0 aliphatic carbocycles. The number of aryl methyl sites for hydroxylation is 1. The molecule has 0 unspecified atom stereocenters. The molecule has 0 amide bonds. The molecule has 1 aromatic carbocycles. The lowest BCUT2D eigenvalue weighted by Crippen LogP contribution is -2.27. The molecule has 0 aliphatic heterocycles. The van der Waals surface area contributed by atoms with Crippen molar-refractivity contribution in [2.75, 3.05) is 0 Å². The minimum absolute atomic E-state index is 0.656. The Bertz CT molecular complexity index is 326. The van der Waals surface area contributed by atoms with Crippen LogP contribution in [0.4, 0.5) is 0 Å². The third-order valence-electron chi connectivity index (χ3n) is 3.68. The Labute approximate surface area is 113 Å². The molecule has 18 heavy (non-hydrogen) atoms. The summed E-state index contributed by atoms with van der Waals surface area (Å²) in [4.78, 5) is 0. The lowest BCUT2D eigenvalue weighted by Gasteiger charge is -2.17. The van der Waals surface area contributed by atoms with Gasteiger partial charge in [-0.15, -0.1) is 0 Å². The molecular weight excluding hydrogens is 218 g/mol. The molecule has 1 rings (SSSR count). The zero-order chi connectivity index (χ0) is 13.4. The van der Waals surface area contributed by atoms with Crippen LogP contribution in [-0.4, -0.2) is 6.04 Å². The maximum absolute atomic E-state index is 3.66. The van der Waals surface area contributed by atoms with Gasteiger partial charge in [0.2, 0.25) is 0 Å². The third kappa shape index (κ3) is 5.22. The van der Waals surface area contributed by atoms with Crippen LogP contribution in [-0.2, 0) is 13.0 Å². The summed E-state index contributed by atoms with van der Waals surface area (Å²) in [5, 5.41) is 3.66. The fourth-order valence-corrected chi connectivity index (χ4v) is 2.25. The van der Waals surface area contributed by atoms with E-state index >= 15 is 0 Å². The van der Waals surface area contributed by atoms with Crippen LogP contribution in [0.25, 0.3) is 0 Å². The molecule has 0 radical (unpaired) electrons. The lowest BCUT2D eigenvalue weighted by molar-refractivity contribution is 0.482. The van der Waals surface area contributed by atoms with Crippen molar-refractivity contribution in [3.05, 3.63) is 35.4 Å². The highest BCUT2D eigenvalue weighted by Crippen LogP contribution is 2.14. The van der Waals surface area contributed by atoms with Gasteiger partial charge in [-0.1, -0.05) is 52.0 Å². The van der Waals surface area contributed by atoms with Crippen LogP contribution in [0.15, 0.2) is 24.3 Å². The number of nitrogens with one attached hydrogen (secondary N) is 1. The SMILES string of the molecule is CCC(CC)NCc1ccccc1CCC(C)C. The van der Waals surface area contributed by atoms with Crippen LogP contribution in [0.2, 0.25) is 0 Å². The van der Waals surface area contributed by atoms with E-state index in [0.29, 0.717) is 6.04 Å². The van der Waals surface area contributed by atoms with Gasteiger partial charge in [0.05, 0.1) is 0 Å². The maximum Gasteiger partial charge on any atom is 0.0210 e. The van der Waals surface area contributed by atoms with Crippen LogP contribution in [0.1, 0.15) is 58.1 Å². The lowest BCUT2D eigenvalue weighted by atomic mass is 9.98. The molecule has 0 bridgehead atoms. The Balaban J connectivity index is 2.58. The van der Waals surface area contributed by atoms with Crippen LogP contribution in [0, 0.1) is 5.92 Å². The van der Waals surface area contributed by atoms with Crippen molar-refractivity contribution in [2.24, 2.45) is 5.92 Å². The van der Waals surface area contributed by atoms with E-state index in [1.54, 1.807) is 0 Å². The van der Waals surface area contributed by atoms with Crippen LogP contribution < -0.4 is 5.32 Å². The van der Waals surface area contributed by atoms with Crippen molar-refractivity contribution in [3.8, 4) is 0 Å². The van der Waals surface area contributed by atoms with E-state index in [4.69, 9.17) is 0 Å². The molecule has 1 heteroatoms. The van der Waals surface area contributed by atoms with E-state index in [1.165, 1.54) is 36.8 Å². The van der Waals surface area contributed by atoms with E-state index in [9.17, 15) is 0 Å². The Morgan fingerprint density at radius 1 is 1.00 bits per heavy atom. The van der Waals surface area contributed by atoms with Gasteiger partial charge in [-0.2, -0.15) is 0 Å². The van der Waals surface area contributed by atoms with Crippen molar-refractivity contribution in [3.63, 3.8) is 0 Å². The van der Waals surface area contributed by atoms with Crippen molar-refractivity contribution >= 4 is 0 Å². The highest BCUT2D eigenvalue weighted by Gasteiger charge is 2.06. The number of hydrogen-bond donors (Lipinski definition) is 1. The summed E-state index contributed by atoms with van der Waals surface area (Å²) in [6, 6.07) is 9.53. The molecule has 0 fully saturated rings. The first-order chi connectivity index (χ1) is 8.67. The van der Waals surface area contributed by atoms with Gasteiger partial charge in [0.1, 0.15) is 0 Å². The first-order valence-corrected chi connectivity index (χ1v) is 7.47. The summed E-state index contributed by atoms with van der Waals surface area (Å²) in [5.74, 6) is 0.782. The van der Waals surface area contributed by atoms with Gasteiger partial charge in [0.25, 0.3) is 0 Å². The molecule has 0 atom stereocenters. The van der Waals surface area contributed by atoms with E-state index in [0.717, 1.165) is 12.5 Å². The van der Waals surface area contributed by atoms with E-state index in [2.05, 4.69) is 57.3 Å². The minimum Gasteiger partial charge on any atom is -0.310 e. The van der Waals surface area contributed by atoms with E-state index < -0.39 is 0 Å². The van der Waals surface area contributed by atoms with Gasteiger partial charge in [-0.05, 0) is 42.7 Å². The second-order valence-electron chi connectivity index (χ2n) is 5.60.